The summed E-state index contributed by atoms with van der Waals surface area (Å²) in [6, 6.07) is 1.48. The molecule has 7 nitrogen and oxygen atoms in total. The van der Waals surface area contributed by atoms with Gasteiger partial charge in [-0.15, -0.1) is 0 Å². The molecular weight excluding hydrogens is 270 g/mol. The summed E-state index contributed by atoms with van der Waals surface area (Å²) >= 11 is 0. The lowest BCUT2D eigenvalue weighted by atomic mass is 10.2. The van der Waals surface area contributed by atoms with Gasteiger partial charge < -0.3 is 14.3 Å². The van der Waals surface area contributed by atoms with Crippen molar-refractivity contribution in [3.63, 3.8) is 0 Å². The highest BCUT2D eigenvalue weighted by atomic mass is 16.5. The average molecular weight is 289 g/mol. The molecule has 3 rings (SSSR count). The fraction of sp³-hybridized carbons (Fsp3) is 0.500. The van der Waals surface area contributed by atoms with Crippen molar-refractivity contribution in [2.75, 3.05) is 19.7 Å². The van der Waals surface area contributed by atoms with E-state index in [4.69, 9.17) is 4.74 Å². The van der Waals surface area contributed by atoms with E-state index in [1.807, 2.05) is 24.7 Å². The number of aromatic amines is 1. The van der Waals surface area contributed by atoms with Crippen LogP contribution in [0.4, 0.5) is 0 Å². The molecule has 2 aromatic heterocycles. The minimum absolute atomic E-state index is 0.137. The topological polar surface area (TPSA) is 76.0 Å². The van der Waals surface area contributed by atoms with Crippen LogP contribution in [0.2, 0.25) is 0 Å². The van der Waals surface area contributed by atoms with E-state index in [1.54, 1.807) is 6.20 Å². The molecule has 112 valence electrons. The zero-order valence-electron chi connectivity index (χ0n) is 12.2. The Morgan fingerprint density at radius 3 is 3.10 bits per heavy atom. The molecule has 0 spiro atoms. The van der Waals surface area contributed by atoms with E-state index in [0.717, 1.165) is 18.9 Å². The molecule has 2 aromatic rings. The van der Waals surface area contributed by atoms with E-state index in [0.29, 0.717) is 24.7 Å². The van der Waals surface area contributed by atoms with E-state index in [1.165, 1.54) is 6.07 Å². The molecule has 1 aliphatic rings. The van der Waals surface area contributed by atoms with Gasteiger partial charge in [-0.3, -0.25) is 9.69 Å². The Morgan fingerprint density at radius 1 is 1.52 bits per heavy atom. The molecule has 0 aliphatic carbocycles. The van der Waals surface area contributed by atoms with Crippen molar-refractivity contribution >= 4 is 0 Å². The predicted molar refractivity (Wildman–Crippen MR) is 76.8 cm³/mol. The summed E-state index contributed by atoms with van der Waals surface area (Å²) in [6.07, 6.45) is 3.53. The fourth-order valence-corrected chi connectivity index (χ4v) is 2.52. The summed E-state index contributed by atoms with van der Waals surface area (Å²) in [5, 5.41) is 0. The summed E-state index contributed by atoms with van der Waals surface area (Å²) < 4.78 is 7.76. The van der Waals surface area contributed by atoms with E-state index in [9.17, 15) is 4.79 Å². The molecule has 1 fully saturated rings. The minimum atomic E-state index is -0.202. The summed E-state index contributed by atoms with van der Waals surface area (Å²) in [5.41, 5.74) is 0.570. The van der Waals surface area contributed by atoms with Crippen LogP contribution in [-0.4, -0.2) is 44.1 Å². The maximum Gasteiger partial charge on any atom is 0.251 e. The Kier molecular flexibility index (Phi) is 3.85. The van der Waals surface area contributed by atoms with Crippen LogP contribution in [0.1, 0.15) is 23.4 Å². The summed E-state index contributed by atoms with van der Waals surface area (Å²) in [7, 11) is 1.99. The van der Waals surface area contributed by atoms with Crippen LogP contribution in [0, 0.1) is 6.92 Å². The molecule has 0 aromatic carbocycles. The molecule has 0 bridgehead atoms. The van der Waals surface area contributed by atoms with Crippen LogP contribution in [0.15, 0.2) is 23.3 Å². The number of aromatic nitrogens is 4. The van der Waals surface area contributed by atoms with Crippen LogP contribution >= 0.6 is 0 Å². The number of aryl methyl sites for hydroxylation is 2. The quantitative estimate of drug-likeness (QED) is 0.884. The number of hydrogen-bond donors (Lipinski definition) is 1. The Bertz CT molecular complexity index is 678. The third kappa shape index (κ3) is 3.20. The van der Waals surface area contributed by atoms with Crippen molar-refractivity contribution in [1.29, 1.82) is 0 Å². The van der Waals surface area contributed by atoms with E-state index >= 15 is 0 Å². The first-order chi connectivity index (χ1) is 10.1. The Balaban J connectivity index is 1.73. The number of hydrogen-bond acceptors (Lipinski definition) is 5. The van der Waals surface area contributed by atoms with Gasteiger partial charge in [-0.25, -0.2) is 9.97 Å². The number of imidazole rings is 1. The normalized spacial score (nSPS) is 19.8. The molecule has 0 amide bonds. The van der Waals surface area contributed by atoms with Crippen LogP contribution < -0.4 is 5.56 Å². The first kappa shape index (κ1) is 14.0. The van der Waals surface area contributed by atoms with Gasteiger partial charge in [0.15, 0.2) is 0 Å². The second-order valence-corrected chi connectivity index (χ2v) is 5.32. The van der Waals surface area contributed by atoms with Crippen LogP contribution in [0.25, 0.3) is 0 Å². The second-order valence-electron chi connectivity index (χ2n) is 5.32. The largest absolute Gasteiger partial charge is 0.368 e. The van der Waals surface area contributed by atoms with Crippen molar-refractivity contribution in [2.24, 2.45) is 7.05 Å². The number of morpholine rings is 1. The van der Waals surface area contributed by atoms with Crippen molar-refractivity contribution in [2.45, 2.75) is 19.6 Å². The van der Waals surface area contributed by atoms with E-state index in [2.05, 4.69) is 19.9 Å². The average Bonchev–Trinajstić information content (AvgIpc) is 2.84. The van der Waals surface area contributed by atoms with E-state index < -0.39 is 0 Å². The number of nitrogens with zero attached hydrogens (tertiary/aromatic N) is 4. The first-order valence-electron chi connectivity index (χ1n) is 7.00. The molecular formula is C14H19N5O2. The van der Waals surface area contributed by atoms with Crippen molar-refractivity contribution in [1.82, 2.24) is 24.4 Å². The maximum absolute atomic E-state index is 11.6. The molecule has 1 unspecified atom stereocenters. The number of rotatable bonds is 3. The molecule has 0 saturated carbocycles. The SMILES string of the molecule is Cc1cc(=O)[nH]c(C2CN(Cc3nccn3C)CCO2)n1. The van der Waals surface area contributed by atoms with Crippen LogP contribution in [-0.2, 0) is 18.3 Å². The van der Waals surface area contributed by atoms with Gasteiger partial charge in [-0.1, -0.05) is 0 Å². The first-order valence-corrected chi connectivity index (χ1v) is 7.00. The van der Waals surface area contributed by atoms with Gasteiger partial charge >= 0.3 is 0 Å². The van der Waals surface area contributed by atoms with Gasteiger partial charge in [-0.2, -0.15) is 0 Å². The number of ether oxygens (including phenoxy) is 1. The summed E-state index contributed by atoms with van der Waals surface area (Å²) in [6.45, 7) is 4.73. The zero-order valence-corrected chi connectivity index (χ0v) is 12.2. The monoisotopic (exact) mass is 289 g/mol. The Morgan fingerprint density at radius 2 is 2.38 bits per heavy atom. The fourth-order valence-electron chi connectivity index (χ4n) is 2.52. The summed E-state index contributed by atoms with van der Waals surface area (Å²) in [5.74, 6) is 1.62. The number of H-pyrrole nitrogens is 1. The lowest BCUT2D eigenvalue weighted by molar-refractivity contribution is -0.0383. The third-order valence-corrected chi connectivity index (χ3v) is 3.63. The molecule has 1 atom stereocenters. The van der Waals surface area contributed by atoms with Gasteiger partial charge in [0.25, 0.3) is 5.56 Å². The lowest BCUT2D eigenvalue weighted by Crippen LogP contribution is -2.39. The second kappa shape index (κ2) is 5.79. The van der Waals surface area contributed by atoms with Crippen LogP contribution in [0.5, 0.6) is 0 Å². The third-order valence-electron chi connectivity index (χ3n) is 3.63. The molecule has 1 aliphatic heterocycles. The standard InChI is InChI=1S/C14H19N5O2/c1-10-7-13(20)17-14(16-10)11-8-19(5-6-21-11)9-12-15-3-4-18(12)2/h3-4,7,11H,5-6,8-9H2,1-2H3,(H,16,17,20). The molecule has 7 heteroatoms. The molecule has 3 heterocycles. The Labute approximate surface area is 122 Å². The Hall–Kier alpha value is -1.99. The molecule has 0 radical (unpaired) electrons. The lowest BCUT2D eigenvalue weighted by Gasteiger charge is -2.32. The zero-order chi connectivity index (χ0) is 14.8. The van der Waals surface area contributed by atoms with Crippen molar-refractivity contribution in [3.8, 4) is 0 Å². The molecule has 1 saturated heterocycles. The molecule has 21 heavy (non-hydrogen) atoms. The maximum atomic E-state index is 11.6. The summed E-state index contributed by atoms with van der Waals surface area (Å²) in [4.78, 5) is 25.3. The van der Waals surface area contributed by atoms with Gasteiger partial charge in [-0.05, 0) is 6.92 Å². The molecule has 1 N–H and O–H groups in total. The minimum Gasteiger partial charge on any atom is -0.368 e. The highest BCUT2D eigenvalue weighted by Gasteiger charge is 2.24. The van der Waals surface area contributed by atoms with Crippen molar-refractivity contribution < 1.29 is 4.74 Å². The van der Waals surface area contributed by atoms with E-state index in [-0.39, 0.29) is 11.7 Å². The highest BCUT2D eigenvalue weighted by Crippen LogP contribution is 2.19. The highest BCUT2D eigenvalue weighted by molar-refractivity contribution is 5.04. The van der Waals surface area contributed by atoms with Gasteiger partial charge in [0.05, 0.1) is 13.2 Å². The van der Waals surface area contributed by atoms with Crippen molar-refractivity contribution in [3.05, 3.63) is 46.2 Å². The number of nitrogens with one attached hydrogen (secondary N) is 1. The van der Waals surface area contributed by atoms with Gasteiger partial charge in [0.2, 0.25) is 0 Å². The van der Waals surface area contributed by atoms with Crippen LogP contribution in [0.3, 0.4) is 0 Å². The predicted octanol–water partition coefficient (Wildman–Crippen LogP) is 0.385. The smallest absolute Gasteiger partial charge is 0.251 e. The van der Waals surface area contributed by atoms with Gasteiger partial charge in [0.1, 0.15) is 17.8 Å². The van der Waals surface area contributed by atoms with Gasteiger partial charge in [0, 0.05) is 44.3 Å².